The second-order valence-electron chi connectivity index (χ2n) is 8.66. The van der Waals surface area contributed by atoms with Crippen molar-refractivity contribution < 1.29 is 0 Å². The summed E-state index contributed by atoms with van der Waals surface area (Å²) in [6.07, 6.45) is 0. The highest BCUT2D eigenvalue weighted by atomic mass is 32.1. The molecule has 0 aliphatic heterocycles. The first kappa shape index (κ1) is 19.3. The number of hydrogen-bond donors (Lipinski definition) is 0. The lowest BCUT2D eigenvalue weighted by atomic mass is 10.1. The topological polar surface area (TPSA) is 30.7 Å². The van der Waals surface area contributed by atoms with Crippen LogP contribution in [0, 0.1) is 0 Å². The molecule has 0 N–H and O–H groups in total. The number of rotatable bonds is 2. The predicted octanol–water partition coefficient (Wildman–Crippen LogP) is 8.82. The molecule has 0 aliphatic rings. The van der Waals surface area contributed by atoms with Crippen molar-refractivity contribution in [3.63, 3.8) is 0 Å². The number of nitrogens with zero attached hydrogens (tertiary/aromatic N) is 3. The first-order chi connectivity index (χ1) is 17.4. The zero-order valence-corrected chi connectivity index (χ0v) is 20.1. The first-order valence-electron chi connectivity index (χ1n) is 11.5. The maximum atomic E-state index is 5.28. The molecule has 0 amide bonds. The van der Waals surface area contributed by atoms with Crippen LogP contribution in [0.25, 0.3) is 69.4 Å². The van der Waals surface area contributed by atoms with Crippen molar-refractivity contribution in [3.8, 4) is 17.2 Å². The number of aromatic nitrogens is 3. The smallest absolute Gasteiger partial charge is 0.235 e. The molecule has 0 fully saturated rings. The van der Waals surface area contributed by atoms with Crippen molar-refractivity contribution in [2.45, 2.75) is 0 Å². The highest BCUT2D eigenvalue weighted by Crippen LogP contribution is 2.42. The monoisotopic (exact) mass is 483 g/mol. The molecule has 0 saturated carbocycles. The Bertz CT molecular complexity index is 2020. The summed E-state index contributed by atoms with van der Waals surface area (Å²) in [7, 11) is 0. The van der Waals surface area contributed by atoms with Crippen LogP contribution >= 0.6 is 22.7 Å². The van der Waals surface area contributed by atoms with Gasteiger partial charge < -0.3 is 0 Å². The lowest BCUT2D eigenvalue weighted by molar-refractivity contribution is 1.02. The number of benzene rings is 4. The number of para-hydroxylation sites is 2. The van der Waals surface area contributed by atoms with Gasteiger partial charge in [-0.3, -0.25) is 4.57 Å². The van der Waals surface area contributed by atoms with Gasteiger partial charge in [-0.05, 0) is 29.6 Å². The molecule has 0 unspecified atom stereocenters. The summed E-state index contributed by atoms with van der Waals surface area (Å²) in [6.45, 7) is 0. The SMILES string of the molecule is c1ccc2c(c1)sc1c(-c3nc(-n4c5ccccc5c5ccccc54)nc4ccsc34)cccc12. The van der Waals surface area contributed by atoms with Gasteiger partial charge in [-0.2, -0.15) is 0 Å². The minimum atomic E-state index is 0.710. The van der Waals surface area contributed by atoms with Gasteiger partial charge in [0.15, 0.2) is 0 Å². The van der Waals surface area contributed by atoms with E-state index in [4.69, 9.17) is 9.97 Å². The van der Waals surface area contributed by atoms with Crippen LogP contribution in [0.5, 0.6) is 0 Å². The van der Waals surface area contributed by atoms with Gasteiger partial charge in [-0.25, -0.2) is 9.97 Å². The molecule has 8 rings (SSSR count). The van der Waals surface area contributed by atoms with Crippen molar-refractivity contribution in [1.29, 1.82) is 0 Å². The second kappa shape index (κ2) is 7.22. The molecule has 4 aromatic carbocycles. The van der Waals surface area contributed by atoms with Crippen LogP contribution in [0.2, 0.25) is 0 Å². The number of thiophene rings is 2. The summed E-state index contributed by atoms with van der Waals surface area (Å²) in [6, 6.07) is 34.3. The minimum Gasteiger partial charge on any atom is -0.278 e. The zero-order valence-electron chi connectivity index (χ0n) is 18.5. The van der Waals surface area contributed by atoms with Crippen molar-refractivity contribution in [3.05, 3.63) is 102 Å². The molecular weight excluding hydrogens is 466 g/mol. The first-order valence-corrected chi connectivity index (χ1v) is 13.2. The third-order valence-corrected chi connectivity index (χ3v) is 8.86. The van der Waals surface area contributed by atoms with Crippen molar-refractivity contribution in [2.75, 3.05) is 0 Å². The fourth-order valence-electron chi connectivity index (χ4n) is 5.21. The average Bonchev–Trinajstić information content (AvgIpc) is 3.61. The lowest BCUT2D eigenvalue weighted by Gasteiger charge is -2.10. The predicted molar refractivity (Wildman–Crippen MR) is 150 cm³/mol. The van der Waals surface area contributed by atoms with E-state index in [1.54, 1.807) is 11.3 Å². The summed E-state index contributed by atoms with van der Waals surface area (Å²) in [5, 5.41) is 7.12. The molecule has 164 valence electrons. The summed E-state index contributed by atoms with van der Waals surface area (Å²) in [5.41, 5.74) is 5.39. The van der Waals surface area contributed by atoms with Crippen molar-refractivity contribution >= 4 is 74.9 Å². The lowest BCUT2D eigenvalue weighted by Crippen LogP contribution is -2.02. The van der Waals surface area contributed by atoms with Crippen LogP contribution < -0.4 is 0 Å². The molecule has 0 spiro atoms. The van der Waals surface area contributed by atoms with E-state index in [1.807, 2.05) is 11.3 Å². The largest absolute Gasteiger partial charge is 0.278 e. The Morgan fingerprint density at radius 3 is 2.06 bits per heavy atom. The highest BCUT2D eigenvalue weighted by molar-refractivity contribution is 7.26. The molecule has 0 saturated heterocycles. The Balaban J connectivity index is 1.49. The van der Waals surface area contributed by atoms with Gasteiger partial charge in [0.1, 0.15) is 0 Å². The standard InChI is InChI=1S/C30H17N3S2/c1-4-13-24-18(8-1)19-9-2-5-14-25(19)33(24)30-31-23-16-17-34-29(23)27(32-30)22-12-7-11-21-20-10-3-6-15-26(20)35-28(21)22/h1-17H. The van der Waals surface area contributed by atoms with Gasteiger partial charge in [0.25, 0.3) is 0 Å². The zero-order chi connectivity index (χ0) is 22.9. The minimum absolute atomic E-state index is 0.710. The van der Waals surface area contributed by atoms with E-state index in [1.165, 1.54) is 36.5 Å². The molecule has 4 heterocycles. The molecule has 0 atom stereocenters. The van der Waals surface area contributed by atoms with Crippen LogP contribution in [0.3, 0.4) is 0 Å². The molecule has 35 heavy (non-hydrogen) atoms. The van der Waals surface area contributed by atoms with E-state index in [0.29, 0.717) is 5.95 Å². The average molecular weight is 484 g/mol. The fourth-order valence-corrected chi connectivity index (χ4v) is 7.26. The Hall–Kier alpha value is -4.06. The molecule has 4 aromatic heterocycles. The number of fused-ring (bicyclic) bond motifs is 7. The Morgan fingerprint density at radius 2 is 1.26 bits per heavy atom. The van der Waals surface area contributed by atoms with Crippen LogP contribution in [-0.2, 0) is 0 Å². The highest BCUT2D eigenvalue weighted by Gasteiger charge is 2.19. The molecular formula is C30H17N3S2. The summed E-state index contributed by atoms with van der Waals surface area (Å²) < 4.78 is 5.90. The Kier molecular flexibility index (Phi) is 3.97. The molecule has 0 aliphatic carbocycles. The summed E-state index contributed by atoms with van der Waals surface area (Å²) >= 11 is 3.55. The van der Waals surface area contributed by atoms with Gasteiger partial charge in [-0.15, -0.1) is 22.7 Å². The van der Waals surface area contributed by atoms with E-state index in [0.717, 1.165) is 26.9 Å². The van der Waals surface area contributed by atoms with E-state index < -0.39 is 0 Å². The Labute approximate surface area is 208 Å². The van der Waals surface area contributed by atoms with Gasteiger partial charge in [-0.1, -0.05) is 72.8 Å². The maximum absolute atomic E-state index is 5.28. The van der Waals surface area contributed by atoms with Gasteiger partial charge in [0.05, 0.1) is 26.9 Å². The van der Waals surface area contributed by atoms with Crippen LogP contribution in [0.1, 0.15) is 0 Å². The quantitative estimate of drug-likeness (QED) is 0.246. The second-order valence-corrected chi connectivity index (χ2v) is 10.6. The van der Waals surface area contributed by atoms with Crippen LogP contribution in [0.15, 0.2) is 102 Å². The van der Waals surface area contributed by atoms with Crippen LogP contribution in [-0.4, -0.2) is 14.5 Å². The third kappa shape index (κ3) is 2.71. The molecule has 0 bridgehead atoms. The molecule has 8 aromatic rings. The van der Waals surface area contributed by atoms with Gasteiger partial charge >= 0.3 is 0 Å². The van der Waals surface area contributed by atoms with E-state index >= 15 is 0 Å². The molecule has 5 heteroatoms. The normalized spacial score (nSPS) is 12.0. The number of hydrogen-bond acceptors (Lipinski definition) is 4. The van der Waals surface area contributed by atoms with Crippen LogP contribution in [0.4, 0.5) is 0 Å². The van der Waals surface area contributed by atoms with E-state index in [-0.39, 0.29) is 0 Å². The molecule has 0 radical (unpaired) electrons. The van der Waals surface area contributed by atoms with Crippen molar-refractivity contribution in [1.82, 2.24) is 14.5 Å². The summed E-state index contributed by atoms with van der Waals surface area (Å²) in [4.78, 5) is 10.3. The fraction of sp³-hybridized carbons (Fsp3) is 0. The Morgan fingerprint density at radius 1 is 0.571 bits per heavy atom. The van der Waals surface area contributed by atoms with Gasteiger partial charge in [0.2, 0.25) is 5.95 Å². The molecule has 3 nitrogen and oxygen atoms in total. The summed E-state index contributed by atoms with van der Waals surface area (Å²) in [5.74, 6) is 0.710. The van der Waals surface area contributed by atoms with E-state index in [9.17, 15) is 0 Å². The van der Waals surface area contributed by atoms with Gasteiger partial charge in [0, 0.05) is 36.5 Å². The third-order valence-electron chi connectivity index (χ3n) is 6.73. The van der Waals surface area contributed by atoms with Crippen molar-refractivity contribution in [2.24, 2.45) is 0 Å². The van der Waals surface area contributed by atoms with E-state index in [2.05, 4.69) is 107 Å². The maximum Gasteiger partial charge on any atom is 0.235 e.